The fourth-order valence-corrected chi connectivity index (χ4v) is 4.27. The van der Waals surface area contributed by atoms with Gasteiger partial charge in [0.1, 0.15) is 0 Å². The van der Waals surface area contributed by atoms with Crippen LogP contribution in [0, 0.1) is 5.92 Å². The van der Waals surface area contributed by atoms with E-state index in [0.29, 0.717) is 6.04 Å². The molecule has 1 saturated heterocycles. The van der Waals surface area contributed by atoms with Crippen molar-refractivity contribution in [1.29, 1.82) is 0 Å². The van der Waals surface area contributed by atoms with Gasteiger partial charge in [0, 0.05) is 41.2 Å². The molecule has 126 valence electrons. The summed E-state index contributed by atoms with van der Waals surface area (Å²) in [5, 5.41) is 3.44. The number of piperazine rings is 1. The molecule has 2 fully saturated rings. The minimum absolute atomic E-state index is 0. The Kier molecular flexibility index (Phi) is 8.48. The van der Waals surface area contributed by atoms with Crippen LogP contribution in [0.15, 0.2) is 21.1 Å². The number of anilines is 1. The molecule has 1 aromatic rings. The highest BCUT2D eigenvalue weighted by Gasteiger charge is 2.31. The molecule has 1 heterocycles. The van der Waals surface area contributed by atoms with Crippen molar-refractivity contribution in [2.75, 3.05) is 31.9 Å². The number of rotatable bonds is 4. The second-order valence-corrected chi connectivity index (χ2v) is 7.64. The molecule has 3 rings (SSSR count). The van der Waals surface area contributed by atoms with Crippen molar-refractivity contribution in [3.63, 3.8) is 0 Å². The largest absolute Gasteiger partial charge is 0.398 e. The van der Waals surface area contributed by atoms with Gasteiger partial charge in [-0.15, -0.1) is 24.8 Å². The van der Waals surface area contributed by atoms with Crippen molar-refractivity contribution in [2.24, 2.45) is 5.92 Å². The summed E-state index contributed by atoms with van der Waals surface area (Å²) in [7, 11) is 0. The molecule has 3 nitrogen and oxygen atoms in total. The van der Waals surface area contributed by atoms with Crippen molar-refractivity contribution in [2.45, 2.75) is 25.3 Å². The van der Waals surface area contributed by atoms with Gasteiger partial charge in [-0.05, 0) is 46.0 Å². The summed E-state index contributed by atoms with van der Waals surface area (Å²) in [6, 6.07) is 4.69. The molecule has 7 heteroatoms. The maximum Gasteiger partial charge on any atom is 0.0507 e. The van der Waals surface area contributed by atoms with Gasteiger partial charge < -0.3 is 11.1 Å². The molecule has 1 saturated carbocycles. The van der Waals surface area contributed by atoms with Crippen LogP contribution in [0.2, 0.25) is 0 Å². The van der Waals surface area contributed by atoms with Crippen molar-refractivity contribution < 1.29 is 0 Å². The summed E-state index contributed by atoms with van der Waals surface area (Å²) in [6.07, 6.45) is 4.02. The van der Waals surface area contributed by atoms with E-state index in [1.807, 2.05) is 6.07 Å². The predicted octanol–water partition coefficient (Wildman–Crippen LogP) is 4.38. The minimum Gasteiger partial charge on any atom is -0.398 e. The molecule has 22 heavy (non-hydrogen) atoms. The topological polar surface area (TPSA) is 41.3 Å². The summed E-state index contributed by atoms with van der Waals surface area (Å²) in [5.41, 5.74) is 8.52. The number of hydrogen-bond donors (Lipinski definition) is 2. The average Bonchev–Trinajstić information content (AvgIpc) is 3.25. The third kappa shape index (κ3) is 4.99. The van der Waals surface area contributed by atoms with E-state index < -0.39 is 0 Å². The lowest BCUT2D eigenvalue weighted by atomic mass is 9.97. The molecule has 2 aliphatic rings. The number of nitrogen functional groups attached to an aromatic ring is 1. The van der Waals surface area contributed by atoms with E-state index in [2.05, 4.69) is 48.1 Å². The smallest absolute Gasteiger partial charge is 0.0507 e. The SMILES string of the molecule is Cl.Cl.Nc1c(Br)cc(Br)cc1[C@H](CC1CC1)N1CCNCC1. The monoisotopic (exact) mass is 473 g/mol. The van der Waals surface area contributed by atoms with Gasteiger partial charge in [0.25, 0.3) is 0 Å². The van der Waals surface area contributed by atoms with E-state index in [4.69, 9.17) is 5.73 Å². The van der Waals surface area contributed by atoms with E-state index in [1.54, 1.807) is 0 Å². The van der Waals surface area contributed by atoms with Gasteiger partial charge in [0.05, 0.1) is 5.69 Å². The van der Waals surface area contributed by atoms with E-state index in [0.717, 1.165) is 46.7 Å². The van der Waals surface area contributed by atoms with Gasteiger partial charge in [-0.3, -0.25) is 4.90 Å². The van der Waals surface area contributed by atoms with Gasteiger partial charge in [-0.1, -0.05) is 28.8 Å². The molecule has 0 amide bonds. The molecule has 0 radical (unpaired) electrons. The second kappa shape index (κ2) is 9.09. The van der Waals surface area contributed by atoms with Crippen LogP contribution >= 0.6 is 56.7 Å². The summed E-state index contributed by atoms with van der Waals surface area (Å²) < 4.78 is 2.10. The predicted molar refractivity (Wildman–Crippen MR) is 105 cm³/mol. The van der Waals surface area contributed by atoms with Crippen molar-refractivity contribution in [3.05, 3.63) is 26.6 Å². The van der Waals surface area contributed by atoms with Crippen LogP contribution in [0.1, 0.15) is 30.9 Å². The van der Waals surface area contributed by atoms with Gasteiger partial charge >= 0.3 is 0 Å². The summed E-state index contributed by atoms with van der Waals surface area (Å²) in [5.74, 6) is 0.895. The normalized spacial score (nSPS) is 19.9. The zero-order chi connectivity index (χ0) is 14.1. The highest BCUT2D eigenvalue weighted by Crippen LogP contribution is 2.43. The fraction of sp³-hybridized carbons (Fsp3) is 0.600. The van der Waals surface area contributed by atoms with E-state index in [9.17, 15) is 0 Å². The van der Waals surface area contributed by atoms with Crippen LogP contribution in [0.4, 0.5) is 5.69 Å². The number of nitrogens with zero attached hydrogens (tertiary/aromatic N) is 1. The molecule has 1 aliphatic carbocycles. The molecular weight excluding hydrogens is 453 g/mol. The van der Waals surface area contributed by atoms with Gasteiger partial charge in [0.15, 0.2) is 0 Å². The van der Waals surface area contributed by atoms with Crippen molar-refractivity contribution in [1.82, 2.24) is 10.2 Å². The van der Waals surface area contributed by atoms with Crippen molar-refractivity contribution in [3.8, 4) is 0 Å². The molecule has 1 aromatic carbocycles. The number of nitrogens with one attached hydrogen (secondary N) is 1. The van der Waals surface area contributed by atoms with Gasteiger partial charge in [-0.25, -0.2) is 0 Å². The van der Waals surface area contributed by atoms with E-state index >= 15 is 0 Å². The Balaban J connectivity index is 0.00000121. The molecule has 0 aromatic heterocycles. The molecule has 0 spiro atoms. The maximum absolute atomic E-state index is 6.35. The lowest BCUT2D eigenvalue weighted by Gasteiger charge is -2.36. The first kappa shape index (κ1) is 20.5. The number of hydrogen-bond acceptors (Lipinski definition) is 3. The Morgan fingerprint density at radius 1 is 1.18 bits per heavy atom. The fourth-order valence-electron chi connectivity index (χ4n) is 3.02. The zero-order valence-corrected chi connectivity index (χ0v) is 17.2. The summed E-state index contributed by atoms with van der Waals surface area (Å²) in [6.45, 7) is 4.38. The first-order valence-corrected chi connectivity index (χ1v) is 8.93. The number of nitrogens with two attached hydrogens (primary N) is 1. The quantitative estimate of drug-likeness (QED) is 0.635. The standard InChI is InChI=1S/C15H21Br2N3.2ClH/c16-11-8-12(15(18)13(17)9-11)14(7-10-1-2-10)20-5-3-19-4-6-20;;/h8-10,14,19H,1-7,18H2;2*1H/t14-;;/m0../s1. The number of halogens is 4. The molecular formula is C15H23Br2Cl2N3. The molecule has 0 bridgehead atoms. The van der Waals surface area contributed by atoms with Gasteiger partial charge in [-0.2, -0.15) is 0 Å². The lowest BCUT2D eigenvalue weighted by Crippen LogP contribution is -2.45. The first-order valence-electron chi connectivity index (χ1n) is 7.34. The summed E-state index contributed by atoms with van der Waals surface area (Å²) >= 11 is 7.19. The summed E-state index contributed by atoms with van der Waals surface area (Å²) in [4.78, 5) is 2.60. The van der Waals surface area contributed by atoms with Crippen molar-refractivity contribution >= 4 is 62.4 Å². The average molecular weight is 476 g/mol. The van der Waals surface area contributed by atoms with Crippen LogP contribution in [0.3, 0.4) is 0 Å². The highest BCUT2D eigenvalue weighted by molar-refractivity contribution is 9.11. The molecule has 1 atom stereocenters. The third-order valence-corrected chi connectivity index (χ3v) is 5.45. The van der Waals surface area contributed by atoms with E-state index in [-0.39, 0.29) is 24.8 Å². The first-order chi connectivity index (χ1) is 9.65. The maximum atomic E-state index is 6.35. The lowest BCUT2D eigenvalue weighted by molar-refractivity contribution is 0.161. The van der Waals surface area contributed by atoms with Crippen LogP contribution in [-0.2, 0) is 0 Å². The van der Waals surface area contributed by atoms with Crippen LogP contribution < -0.4 is 11.1 Å². The Bertz CT molecular complexity index is 492. The Labute approximate surface area is 161 Å². The molecule has 1 aliphatic heterocycles. The number of benzene rings is 1. The Hall–Kier alpha value is 0.480. The highest BCUT2D eigenvalue weighted by atomic mass is 79.9. The van der Waals surface area contributed by atoms with E-state index in [1.165, 1.54) is 24.8 Å². The molecule has 0 unspecified atom stereocenters. The van der Waals surface area contributed by atoms with Crippen LogP contribution in [-0.4, -0.2) is 31.1 Å². The zero-order valence-electron chi connectivity index (χ0n) is 12.4. The van der Waals surface area contributed by atoms with Gasteiger partial charge in [0.2, 0.25) is 0 Å². The minimum atomic E-state index is 0. The molecule has 3 N–H and O–H groups in total. The third-order valence-electron chi connectivity index (χ3n) is 4.33. The Morgan fingerprint density at radius 2 is 1.82 bits per heavy atom. The van der Waals surface area contributed by atoms with Crippen LogP contribution in [0.5, 0.6) is 0 Å². The van der Waals surface area contributed by atoms with Crippen LogP contribution in [0.25, 0.3) is 0 Å². The second-order valence-electron chi connectivity index (χ2n) is 5.87. The Morgan fingerprint density at radius 3 is 2.41 bits per heavy atom.